The third-order valence-electron chi connectivity index (χ3n) is 3.66. The van der Waals surface area contributed by atoms with Gasteiger partial charge in [-0.1, -0.05) is 38.1 Å². The third-order valence-corrected chi connectivity index (χ3v) is 3.66. The number of amides is 1. The van der Waals surface area contributed by atoms with E-state index in [0.29, 0.717) is 5.92 Å². The smallest absolute Gasteiger partial charge is 0.255 e. The SMILES string of the molecule is Cc1cccc(C(=O)Nc2cccc(C(C)C)c2)c1C. The average molecular weight is 267 g/mol. The number of carbonyl (C=O) groups is 1. The van der Waals surface area contributed by atoms with Crippen molar-refractivity contribution in [1.82, 2.24) is 0 Å². The molecule has 2 heteroatoms. The minimum atomic E-state index is -0.0490. The lowest BCUT2D eigenvalue weighted by Crippen LogP contribution is -2.14. The van der Waals surface area contributed by atoms with Crippen LogP contribution in [0.25, 0.3) is 0 Å². The van der Waals surface area contributed by atoms with E-state index in [0.717, 1.165) is 22.4 Å². The van der Waals surface area contributed by atoms with E-state index >= 15 is 0 Å². The van der Waals surface area contributed by atoms with Crippen molar-refractivity contribution in [3.63, 3.8) is 0 Å². The second-order valence-electron chi connectivity index (χ2n) is 5.48. The summed E-state index contributed by atoms with van der Waals surface area (Å²) in [5.74, 6) is 0.402. The summed E-state index contributed by atoms with van der Waals surface area (Å²) >= 11 is 0. The third kappa shape index (κ3) is 3.08. The second-order valence-corrected chi connectivity index (χ2v) is 5.48. The van der Waals surface area contributed by atoms with Crippen molar-refractivity contribution in [2.45, 2.75) is 33.6 Å². The van der Waals surface area contributed by atoms with Crippen molar-refractivity contribution in [1.29, 1.82) is 0 Å². The summed E-state index contributed by atoms with van der Waals surface area (Å²) in [6.07, 6.45) is 0. The number of anilines is 1. The maximum atomic E-state index is 12.4. The van der Waals surface area contributed by atoms with Gasteiger partial charge in [0.2, 0.25) is 0 Å². The zero-order valence-electron chi connectivity index (χ0n) is 12.5. The van der Waals surface area contributed by atoms with Crippen molar-refractivity contribution in [3.8, 4) is 0 Å². The van der Waals surface area contributed by atoms with Gasteiger partial charge in [-0.3, -0.25) is 4.79 Å². The molecule has 0 heterocycles. The van der Waals surface area contributed by atoms with Crippen LogP contribution in [0, 0.1) is 13.8 Å². The lowest BCUT2D eigenvalue weighted by atomic mass is 10.0. The molecular formula is C18H21NO. The number of aryl methyl sites for hydroxylation is 1. The van der Waals surface area contributed by atoms with Crippen molar-refractivity contribution < 1.29 is 4.79 Å². The van der Waals surface area contributed by atoms with Crippen LogP contribution in [0.1, 0.15) is 46.8 Å². The van der Waals surface area contributed by atoms with Crippen LogP contribution < -0.4 is 5.32 Å². The Morgan fingerprint density at radius 2 is 1.75 bits per heavy atom. The highest BCUT2D eigenvalue weighted by Crippen LogP contribution is 2.20. The zero-order chi connectivity index (χ0) is 14.7. The molecule has 104 valence electrons. The van der Waals surface area contributed by atoms with Crippen molar-refractivity contribution in [3.05, 3.63) is 64.7 Å². The molecule has 0 bridgehead atoms. The molecule has 2 nitrogen and oxygen atoms in total. The molecule has 2 rings (SSSR count). The Hall–Kier alpha value is -2.09. The van der Waals surface area contributed by atoms with Crippen LogP contribution in [-0.4, -0.2) is 5.91 Å². The van der Waals surface area contributed by atoms with Crippen LogP contribution in [0.2, 0.25) is 0 Å². The Kier molecular flexibility index (Phi) is 4.23. The number of hydrogen-bond donors (Lipinski definition) is 1. The van der Waals surface area contributed by atoms with E-state index in [1.54, 1.807) is 0 Å². The minimum Gasteiger partial charge on any atom is -0.322 e. The molecule has 2 aromatic carbocycles. The Morgan fingerprint density at radius 3 is 2.45 bits per heavy atom. The summed E-state index contributed by atoms with van der Waals surface area (Å²) in [7, 11) is 0. The molecule has 20 heavy (non-hydrogen) atoms. The summed E-state index contributed by atoms with van der Waals surface area (Å²) < 4.78 is 0. The largest absolute Gasteiger partial charge is 0.322 e. The summed E-state index contributed by atoms with van der Waals surface area (Å²) in [5.41, 5.74) is 4.98. The monoisotopic (exact) mass is 267 g/mol. The van der Waals surface area contributed by atoms with Gasteiger partial charge in [0, 0.05) is 11.3 Å². The normalized spacial score (nSPS) is 10.7. The van der Waals surface area contributed by atoms with Gasteiger partial charge in [0.1, 0.15) is 0 Å². The molecule has 1 N–H and O–H groups in total. The summed E-state index contributed by atoms with van der Waals surface area (Å²) in [6, 6.07) is 13.8. The molecule has 0 unspecified atom stereocenters. The molecule has 1 amide bonds. The first kappa shape index (κ1) is 14.3. The number of nitrogens with one attached hydrogen (secondary N) is 1. The van der Waals surface area contributed by atoms with E-state index in [4.69, 9.17) is 0 Å². The molecule has 0 atom stereocenters. The van der Waals surface area contributed by atoms with Gasteiger partial charge in [-0.05, 0) is 54.7 Å². The van der Waals surface area contributed by atoms with E-state index in [2.05, 4.69) is 25.2 Å². The second kappa shape index (κ2) is 5.91. The van der Waals surface area contributed by atoms with Gasteiger partial charge in [0.05, 0.1) is 0 Å². The summed E-state index contributed by atoms with van der Waals surface area (Å²) in [4.78, 5) is 12.4. The highest BCUT2D eigenvalue weighted by molar-refractivity contribution is 6.05. The Bertz CT molecular complexity index is 629. The van der Waals surface area contributed by atoms with E-state index in [-0.39, 0.29) is 5.91 Å². The van der Waals surface area contributed by atoms with E-state index < -0.39 is 0 Å². The summed E-state index contributed by atoms with van der Waals surface area (Å²) in [6.45, 7) is 8.29. The topological polar surface area (TPSA) is 29.1 Å². The molecule has 0 aromatic heterocycles. The first-order chi connectivity index (χ1) is 9.49. The molecule has 2 aromatic rings. The highest BCUT2D eigenvalue weighted by atomic mass is 16.1. The van der Waals surface area contributed by atoms with Crippen LogP contribution in [0.5, 0.6) is 0 Å². The molecule has 0 spiro atoms. The van der Waals surface area contributed by atoms with Gasteiger partial charge in [-0.15, -0.1) is 0 Å². The van der Waals surface area contributed by atoms with Gasteiger partial charge in [0.15, 0.2) is 0 Å². The zero-order valence-corrected chi connectivity index (χ0v) is 12.5. The van der Waals surface area contributed by atoms with Crippen molar-refractivity contribution in [2.24, 2.45) is 0 Å². The minimum absolute atomic E-state index is 0.0490. The quantitative estimate of drug-likeness (QED) is 0.859. The Labute approximate surface area is 120 Å². The van der Waals surface area contributed by atoms with Gasteiger partial charge >= 0.3 is 0 Å². The van der Waals surface area contributed by atoms with E-state index in [9.17, 15) is 4.79 Å². The Morgan fingerprint density at radius 1 is 1.05 bits per heavy atom. The van der Waals surface area contributed by atoms with Crippen LogP contribution in [-0.2, 0) is 0 Å². The molecule has 0 aliphatic carbocycles. The van der Waals surface area contributed by atoms with Crippen LogP contribution in [0.4, 0.5) is 5.69 Å². The number of rotatable bonds is 3. The van der Waals surface area contributed by atoms with Gasteiger partial charge < -0.3 is 5.32 Å². The van der Waals surface area contributed by atoms with Crippen LogP contribution >= 0.6 is 0 Å². The highest BCUT2D eigenvalue weighted by Gasteiger charge is 2.10. The van der Waals surface area contributed by atoms with Crippen molar-refractivity contribution >= 4 is 11.6 Å². The lowest BCUT2D eigenvalue weighted by Gasteiger charge is -2.11. The molecule has 0 saturated heterocycles. The van der Waals surface area contributed by atoms with E-state index in [1.807, 2.05) is 50.2 Å². The predicted molar refractivity (Wildman–Crippen MR) is 84.4 cm³/mol. The first-order valence-electron chi connectivity index (χ1n) is 6.96. The maximum Gasteiger partial charge on any atom is 0.255 e. The fraction of sp³-hybridized carbons (Fsp3) is 0.278. The fourth-order valence-corrected chi connectivity index (χ4v) is 2.17. The van der Waals surface area contributed by atoms with E-state index in [1.165, 1.54) is 5.56 Å². The van der Waals surface area contributed by atoms with Gasteiger partial charge in [-0.25, -0.2) is 0 Å². The summed E-state index contributed by atoms with van der Waals surface area (Å²) in [5, 5.41) is 2.98. The number of carbonyl (C=O) groups excluding carboxylic acids is 1. The van der Waals surface area contributed by atoms with Gasteiger partial charge in [-0.2, -0.15) is 0 Å². The molecule has 0 saturated carbocycles. The fourth-order valence-electron chi connectivity index (χ4n) is 2.17. The van der Waals surface area contributed by atoms with Crippen LogP contribution in [0.3, 0.4) is 0 Å². The maximum absolute atomic E-state index is 12.4. The van der Waals surface area contributed by atoms with Crippen molar-refractivity contribution in [2.75, 3.05) is 5.32 Å². The first-order valence-corrected chi connectivity index (χ1v) is 6.96. The molecule has 0 fully saturated rings. The lowest BCUT2D eigenvalue weighted by molar-refractivity contribution is 0.102. The molecule has 0 radical (unpaired) electrons. The number of benzene rings is 2. The predicted octanol–water partition coefficient (Wildman–Crippen LogP) is 4.68. The van der Waals surface area contributed by atoms with Crippen LogP contribution in [0.15, 0.2) is 42.5 Å². The molecule has 0 aliphatic heterocycles. The molecular weight excluding hydrogens is 246 g/mol. The van der Waals surface area contributed by atoms with Gasteiger partial charge in [0.25, 0.3) is 5.91 Å². The average Bonchev–Trinajstić information content (AvgIpc) is 2.42. The number of hydrogen-bond acceptors (Lipinski definition) is 1. The Balaban J connectivity index is 2.24. The molecule has 0 aliphatic rings. The standard InChI is InChI=1S/C18H21NO/c1-12(2)15-8-6-9-16(11-15)19-18(20)17-10-5-7-13(3)14(17)4/h5-12H,1-4H3,(H,19,20).